The molecule has 2 atom stereocenters. The van der Waals surface area contributed by atoms with Gasteiger partial charge in [0.1, 0.15) is 23.1 Å². The molecule has 0 spiro atoms. The number of H-pyrrole nitrogens is 1. The van der Waals surface area contributed by atoms with Gasteiger partial charge < -0.3 is 15.2 Å². The summed E-state index contributed by atoms with van der Waals surface area (Å²) < 4.78 is 13.3. The third-order valence-electron chi connectivity index (χ3n) is 5.56. The Labute approximate surface area is 179 Å². The van der Waals surface area contributed by atoms with Crippen molar-refractivity contribution in [2.45, 2.75) is 43.6 Å². The van der Waals surface area contributed by atoms with Crippen LogP contribution in [0.2, 0.25) is 0 Å². The average Bonchev–Trinajstić information content (AvgIpc) is 3.18. The molecular formula is C22H24ClFN4O2. The van der Waals surface area contributed by atoms with E-state index in [9.17, 15) is 14.0 Å². The minimum absolute atomic E-state index is 0.105. The number of halogens is 2. The Hall–Kier alpha value is -2.67. The maximum absolute atomic E-state index is 13.3. The van der Waals surface area contributed by atoms with Crippen molar-refractivity contribution in [3.05, 3.63) is 58.7 Å². The molecule has 30 heavy (non-hydrogen) atoms. The fourth-order valence-electron chi connectivity index (χ4n) is 3.94. The molecule has 2 amide bonds. The number of benzene rings is 1. The zero-order valence-electron chi connectivity index (χ0n) is 16.5. The highest BCUT2D eigenvalue weighted by Crippen LogP contribution is 2.20. The smallest absolute Gasteiger partial charge is 0.268 e. The fraction of sp³-hybridized carbons (Fsp3) is 0.409. The number of fused-ring (bicyclic) bond motifs is 1. The number of amides is 2. The first-order chi connectivity index (χ1) is 14.5. The van der Waals surface area contributed by atoms with Gasteiger partial charge in [0.25, 0.3) is 5.91 Å². The number of piperidine rings is 1. The second-order valence-corrected chi connectivity index (χ2v) is 8.29. The third-order valence-corrected chi connectivity index (χ3v) is 5.82. The molecule has 2 N–H and O–H groups in total. The molecule has 6 nitrogen and oxygen atoms in total. The molecule has 0 bridgehead atoms. The number of nitrogens with zero attached hydrogens (tertiary/aromatic N) is 2. The van der Waals surface area contributed by atoms with E-state index in [2.05, 4.69) is 15.3 Å². The Morgan fingerprint density at radius 3 is 2.70 bits per heavy atom. The summed E-state index contributed by atoms with van der Waals surface area (Å²) in [6.07, 6.45) is 5.50. The Balaban J connectivity index is 1.52. The minimum Gasteiger partial charge on any atom is -0.350 e. The second kappa shape index (κ2) is 9.00. The van der Waals surface area contributed by atoms with Crippen LogP contribution in [0.5, 0.6) is 0 Å². The molecule has 3 heterocycles. The first kappa shape index (κ1) is 20.6. The van der Waals surface area contributed by atoms with E-state index in [0.29, 0.717) is 31.6 Å². The van der Waals surface area contributed by atoms with Gasteiger partial charge in [-0.25, -0.2) is 4.39 Å². The number of rotatable bonds is 5. The van der Waals surface area contributed by atoms with Gasteiger partial charge in [-0.2, -0.15) is 0 Å². The molecule has 0 radical (unpaired) electrons. The van der Waals surface area contributed by atoms with Crippen LogP contribution in [0.1, 0.15) is 46.6 Å². The molecule has 2 aromatic rings. The van der Waals surface area contributed by atoms with E-state index in [-0.39, 0.29) is 23.1 Å². The van der Waals surface area contributed by atoms with Crippen molar-refractivity contribution < 1.29 is 14.0 Å². The van der Waals surface area contributed by atoms with Gasteiger partial charge in [0.2, 0.25) is 5.91 Å². The molecule has 1 fully saturated rings. The van der Waals surface area contributed by atoms with Crippen LogP contribution in [0.4, 0.5) is 4.39 Å². The lowest BCUT2D eigenvalue weighted by molar-refractivity contribution is -0.134. The van der Waals surface area contributed by atoms with Gasteiger partial charge in [0, 0.05) is 32.1 Å². The Bertz CT molecular complexity index is 951. The first-order valence-corrected chi connectivity index (χ1v) is 10.7. The zero-order valence-corrected chi connectivity index (χ0v) is 17.3. The third kappa shape index (κ3) is 4.73. The topological polar surface area (TPSA) is 77.6 Å². The van der Waals surface area contributed by atoms with E-state index < -0.39 is 6.04 Å². The van der Waals surface area contributed by atoms with Crippen molar-refractivity contribution in [3.8, 4) is 0 Å². The van der Waals surface area contributed by atoms with E-state index >= 15 is 0 Å². The molecule has 1 saturated heterocycles. The molecule has 2 aliphatic rings. The SMILES string of the molecule is O=C(N[C@@H](Cc1ccc(F)cc1)C(=O)N1CCCCC1)c1cc2c([nH]1)C=NC(Cl)C2. The number of likely N-dealkylation sites (tertiary alicyclic amines) is 1. The van der Waals surface area contributed by atoms with E-state index in [1.807, 2.05) is 4.90 Å². The predicted molar refractivity (Wildman–Crippen MR) is 114 cm³/mol. The summed E-state index contributed by atoms with van der Waals surface area (Å²) >= 11 is 6.06. The number of carbonyl (C=O) groups excluding carboxylic acids is 2. The van der Waals surface area contributed by atoms with Crippen molar-refractivity contribution in [3.63, 3.8) is 0 Å². The highest BCUT2D eigenvalue weighted by atomic mass is 35.5. The van der Waals surface area contributed by atoms with E-state index in [1.165, 1.54) is 12.1 Å². The van der Waals surface area contributed by atoms with Gasteiger partial charge >= 0.3 is 0 Å². The van der Waals surface area contributed by atoms with Crippen LogP contribution in [-0.2, 0) is 17.6 Å². The van der Waals surface area contributed by atoms with Gasteiger partial charge in [0.15, 0.2) is 0 Å². The summed E-state index contributed by atoms with van der Waals surface area (Å²) in [6.45, 7) is 1.39. The largest absolute Gasteiger partial charge is 0.350 e. The van der Waals surface area contributed by atoms with Crippen molar-refractivity contribution in [2.24, 2.45) is 4.99 Å². The number of hydrogen-bond donors (Lipinski definition) is 2. The molecule has 0 aliphatic carbocycles. The standard InChI is InChI=1S/C22H24ClFN4O2/c23-20-12-15-11-17(26-19(15)13-25-20)21(29)27-18(10-14-4-6-16(24)7-5-14)22(30)28-8-2-1-3-9-28/h4-7,11,13,18,20,26H,1-3,8-10,12H2,(H,27,29)/t18-,20?/m0/s1. The average molecular weight is 431 g/mol. The zero-order chi connectivity index (χ0) is 21.1. The maximum atomic E-state index is 13.3. The number of carbonyl (C=O) groups is 2. The second-order valence-electron chi connectivity index (χ2n) is 7.78. The van der Waals surface area contributed by atoms with Crippen LogP contribution in [0.15, 0.2) is 35.3 Å². The first-order valence-electron chi connectivity index (χ1n) is 10.2. The van der Waals surface area contributed by atoms with Gasteiger partial charge in [-0.15, -0.1) is 0 Å². The Kier molecular flexibility index (Phi) is 6.18. The molecule has 1 unspecified atom stereocenters. The Morgan fingerprint density at radius 2 is 1.97 bits per heavy atom. The summed E-state index contributed by atoms with van der Waals surface area (Å²) in [5.41, 5.74) is 2.50. The van der Waals surface area contributed by atoms with Crippen LogP contribution in [-0.4, -0.2) is 52.5 Å². The molecular weight excluding hydrogens is 407 g/mol. The number of aliphatic imine (C=N–C) groups is 1. The van der Waals surface area contributed by atoms with E-state index in [0.717, 1.165) is 36.1 Å². The fourth-order valence-corrected chi connectivity index (χ4v) is 4.16. The molecule has 1 aromatic heterocycles. The lowest BCUT2D eigenvalue weighted by Crippen LogP contribution is -2.51. The maximum Gasteiger partial charge on any atom is 0.268 e. The van der Waals surface area contributed by atoms with Crippen molar-refractivity contribution in [1.29, 1.82) is 0 Å². The molecule has 0 saturated carbocycles. The highest BCUT2D eigenvalue weighted by Gasteiger charge is 2.28. The molecule has 4 rings (SSSR count). The van der Waals surface area contributed by atoms with Gasteiger partial charge in [-0.3, -0.25) is 14.6 Å². The summed E-state index contributed by atoms with van der Waals surface area (Å²) in [5, 5.41) is 2.88. The van der Waals surface area contributed by atoms with Gasteiger partial charge in [-0.1, -0.05) is 23.7 Å². The molecule has 1 aromatic carbocycles. The van der Waals surface area contributed by atoms with E-state index in [4.69, 9.17) is 11.6 Å². The molecule has 158 valence electrons. The number of hydrogen-bond acceptors (Lipinski definition) is 3. The van der Waals surface area contributed by atoms with Crippen LogP contribution in [0, 0.1) is 5.82 Å². The van der Waals surface area contributed by atoms with Crippen molar-refractivity contribution in [2.75, 3.05) is 13.1 Å². The number of aromatic amines is 1. The minimum atomic E-state index is -0.726. The lowest BCUT2D eigenvalue weighted by atomic mass is 10.0. The highest BCUT2D eigenvalue weighted by molar-refractivity contribution is 6.21. The number of alkyl halides is 1. The molecule has 2 aliphatic heterocycles. The van der Waals surface area contributed by atoms with E-state index in [1.54, 1.807) is 24.4 Å². The van der Waals surface area contributed by atoms with Crippen LogP contribution < -0.4 is 5.32 Å². The van der Waals surface area contributed by atoms with Crippen LogP contribution in [0.3, 0.4) is 0 Å². The van der Waals surface area contributed by atoms with Crippen LogP contribution in [0.25, 0.3) is 0 Å². The summed E-state index contributed by atoms with van der Waals surface area (Å²) in [6, 6.07) is 7.04. The quantitative estimate of drug-likeness (QED) is 0.565. The van der Waals surface area contributed by atoms with Crippen molar-refractivity contribution in [1.82, 2.24) is 15.2 Å². The van der Waals surface area contributed by atoms with Crippen LogP contribution >= 0.6 is 11.6 Å². The van der Waals surface area contributed by atoms with Gasteiger partial charge in [0.05, 0.1) is 5.69 Å². The lowest BCUT2D eigenvalue weighted by Gasteiger charge is -2.30. The van der Waals surface area contributed by atoms with Crippen molar-refractivity contribution >= 4 is 29.6 Å². The predicted octanol–water partition coefficient (Wildman–Crippen LogP) is 3.05. The summed E-state index contributed by atoms with van der Waals surface area (Å²) in [4.78, 5) is 35.1. The normalized spacial score (nSPS) is 19.3. The monoisotopic (exact) mass is 430 g/mol. The number of aromatic nitrogens is 1. The Morgan fingerprint density at radius 1 is 1.23 bits per heavy atom. The molecule has 8 heteroatoms. The summed E-state index contributed by atoms with van der Waals surface area (Å²) in [5.74, 6) is -0.801. The van der Waals surface area contributed by atoms with Gasteiger partial charge in [-0.05, 0) is 48.6 Å². The number of nitrogens with one attached hydrogen (secondary N) is 2. The summed E-state index contributed by atoms with van der Waals surface area (Å²) in [7, 11) is 0.